The average molecular weight is 318 g/mol. The average Bonchev–Trinajstić information content (AvgIpc) is 2.94. The van der Waals surface area contributed by atoms with Gasteiger partial charge in [-0.1, -0.05) is 29.8 Å². The van der Waals surface area contributed by atoms with Crippen LogP contribution in [0.3, 0.4) is 0 Å². The van der Waals surface area contributed by atoms with E-state index in [2.05, 4.69) is 5.32 Å². The molecule has 1 heterocycles. The summed E-state index contributed by atoms with van der Waals surface area (Å²) in [6, 6.07) is 11.2. The number of benzene rings is 2. The number of methoxy groups -OCH3 is 1. The molecule has 0 fully saturated rings. The van der Waals surface area contributed by atoms with Crippen molar-refractivity contribution in [2.75, 3.05) is 12.4 Å². The van der Waals surface area contributed by atoms with Crippen LogP contribution < -0.4 is 14.8 Å². The molecule has 1 aliphatic rings. The third-order valence-electron chi connectivity index (χ3n) is 3.68. The van der Waals surface area contributed by atoms with Crippen LogP contribution in [0.4, 0.5) is 5.69 Å². The molecule has 0 saturated carbocycles. The van der Waals surface area contributed by atoms with E-state index in [1.807, 2.05) is 31.2 Å². The van der Waals surface area contributed by atoms with Crippen LogP contribution in [0.25, 0.3) is 0 Å². The molecule has 0 radical (unpaired) electrons. The number of para-hydroxylation sites is 1. The summed E-state index contributed by atoms with van der Waals surface area (Å²) in [5, 5.41) is 3.46. The Labute approximate surface area is 134 Å². The van der Waals surface area contributed by atoms with Crippen LogP contribution in [0.15, 0.2) is 36.4 Å². The normalized spacial score (nSPS) is 15.9. The maximum absolute atomic E-state index is 12.4. The van der Waals surface area contributed by atoms with Gasteiger partial charge in [0, 0.05) is 17.5 Å². The van der Waals surface area contributed by atoms with E-state index < -0.39 is 6.10 Å². The zero-order chi connectivity index (χ0) is 15.7. The van der Waals surface area contributed by atoms with Gasteiger partial charge in [0.25, 0.3) is 5.91 Å². The second-order valence-electron chi connectivity index (χ2n) is 5.21. The van der Waals surface area contributed by atoms with Crippen molar-refractivity contribution in [1.29, 1.82) is 0 Å². The van der Waals surface area contributed by atoms with Crippen molar-refractivity contribution >= 4 is 23.2 Å². The zero-order valence-corrected chi connectivity index (χ0v) is 13.1. The lowest BCUT2D eigenvalue weighted by atomic mass is 10.1. The number of hydrogen-bond acceptors (Lipinski definition) is 3. The standard InChI is InChI=1S/C17H16ClNO3/c1-10-7-13(15(21-2)9-12(10)18)19-17(20)16-8-11-5-3-4-6-14(11)22-16/h3-7,9,16H,8H2,1-2H3,(H,19,20)/t16-/m1/s1. The predicted molar refractivity (Wildman–Crippen MR) is 85.9 cm³/mol. The Morgan fingerprint density at radius 3 is 2.86 bits per heavy atom. The molecular weight excluding hydrogens is 302 g/mol. The molecular formula is C17H16ClNO3. The van der Waals surface area contributed by atoms with Gasteiger partial charge in [0.2, 0.25) is 0 Å². The molecule has 1 aliphatic heterocycles. The summed E-state index contributed by atoms with van der Waals surface area (Å²) in [4.78, 5) is 12.4. The maximum Gasteiger partial charge on any atom is 0.265 e. The summed E-state index contributed by atoms with van der Waals surface area (Å²) in [5.41, 5.74) is 2.50. The van der Waals surface area contributed by atoms with E-state index in [4.69, 9.17) is 21.1 Å². The van der Waals surface area contributed by atoms with Crippen molar-refractivity contribution in [2.45, 2.75) is 19.4 Å². The molecule has 0 bridgehead atoms. The van der Waals surface area contributed by atoms with Crippen molar-refractivity contribution in [3.05, 3.63) is 52.5 Å². The summed E-state index contributed by atoms with van der Waals surface area (Å²) in [6.07, 6.45) is 0.0368. The highest BCUT2D eigenvalue weighted by molar-refractivity contribution is 6.31. The first-order valence-electron chi connectivity index (χ1n) is 6.98. The quantitative estimate of drug-likeness (QED) is 0.941. The third-order valence-corrected chi connectivity index (χ3v) is 4.09. The van der Waals surface area contributed by atoms with Crippen LogP contribution in [-0.2, 0) is 11.2 Å². The van der Waals surface area contributed by atoms with E-state index in [0.29, 0.717) is 22.9 Å². The molecule has 0 unspecified atom stereocenters. The number of halogens is 1. The highest BCUT2D eigenvalue weighted by Gasteiger charge is 2.29. The second kappa shape index (κ2) is 5.89. The van der Waals surface area contributed by atoms with Gasteiger partial charge in [-0.3, -0.25) is 4.79 Å². The molecule has 0 spiro atoms. The molecule has 1 N–H and O–H groups in total. The Morgan fingerprint density at radius 1 is 1.36 bits per heavy atom. The number of carbonyl (C=O) groups excluding carboxylic acids is 1. The fourth-order valence-electron chi connectivity index (χ4n) is 2.47. The monoisotopic (exact) mass is 317 g/mol. The Hall–Kier alpha value is -2.20. The van der Waals surface area contributed by atoms with Crippen molar-refractivity contribution in [3.8, 4) is 11.5 Å². The molecule has 0 aromatic heterocycles. The molecule has 3 rings (SSSR count). The number of nitrogens with one attached hydrogen (secondary N) is 1. The SMILES string of the molecule is COc1cc(Cl)c(C)cc1NC(=O)[C@H]1Cc2ccccc2O1. The lowest BCUT2D eigenvalue weighted by Gasteiger charge is -2.15. The Kier molecular flexibility index (Phi) is 3.94. The summed E-state index contributed by atoms with van der Waals surface area (Å²) in [6.45, 7) is 1.87. The van der Waals surface area contributed by atoms with Crippen LogP contribution >= 0.6 is 11.6 Å². The van der Waals surface area contributed by atoms with Crippen molar-refractivity contribution in [3.63, 3.8) is 0 Å². The van der Waals surface area contributed by atoms with Crippen LogP contribution in [-0.4, -0.2) is 19.1 Å². The van der Waals surface area contributed by atoms with Gasteiger partial charge in [-0.25, -0.2) is 0 Å². The molecule has 4 nitrogen and oxygen atoms in total. The van der Waals surface area contributed by atoms with Crippen LogP contribution in [0.5, 0.6) is 11.5 Å². The topological polar surface area (TPSA) is 47.6 Å². The van der Waals surface area contributed by atoms with Gasteiger partial charge < -0.3 is 14.8 Å². The summed E-state index contributed by atoms with van der Waals surface area (Å²) >= 11 is 6.07. The fourth-order valence-corrected chi connectivity index (χ4v) is 2.63. The van der Waals surface area contributed by atoms with E-state index in [1.165, 1.54) is 0 Å². The third kappa shape index (κ3) is 2.74. The highest BCUT2D eigenvalue weighted by atomic mass is 35.5. The van der Waals surface area contributed by atoms with Gasteiger partial charge in [-0.05, 0) is 30.2 Å². The number of fused-ring (bicyclic) bond motifs is 1. The van der Waals surface area contributed by atoms with Crippen LogP contribution in [0, 0.1) is 6.92 Å². The van der Waals surface area contributed by atoms with Gasteiger partial charge in [0.15, 0.2) is 6.10 Å². The summed E-state index contributed by atoms with van der Waals surface area (Å²) in [7, 11) is 1.54. The molecule has 2 aromatic carbocycles. The van der Waals surface area contributed by atoms with E-state index in [1.54, 1.807) is 19.2 Å². The van der Waals surface area contributed by atoms with Gasteiger partial charge >= 0.3 is 0 Å². The second-order valence-corrected chi connectivity index (χ2v) is 5.62. The Morgan fingerprint density at radius 2 is 2.14 bits per heavy atom. The van der Waals surface area contributed by atoms with E-state index in [0.717, 1.165) is 16.9 Å². The first-order valence-corrected chi connectivity index (χ1v) is 7.36. The predicted octanol–water partition coefficient (Wildman–Crippen LogP) is 3.60. The van der Waals surface area contributed by atoms with E-state index in [-0.39, 0.29) is 5.91 Å². The first-order chi connectivity index (χ1) is 10.6. The minimum Gasteiger partial charge on any atom is -0.495 e. The van der Waals surface area contributed by atoms with Crippen molar-refractivity contribution < 1.29 is 14.3 Å². The van der Waals surface area contributed by atoms with Crippen LogP contribution in [0.1, 0.15) is 11.1 Å². The maximum atomic E-state index is 12.4. The number of amides is 1. The van der Waals surface area contributed by atoms with Gasteiger partial charge in [-0.2, -0.15) is 0 Å². The summed E-state index contributed by atoms with van der Waals surface area (Å²) in [5.74, 6) is 1.09. The Balaban J connectivity index is 1.77. The highest BCUT2D eigenvalue weighted by Crippen LogP contribution is 2.32. The lowest BCUT2D eigenvalue weighted by molar-refractivity contribution is -0.122. The number of anilines is 1. The molecule has 1 atom stereocenters. The number of aryl methyl sites for hydroxylation is 1. The number of ether oxygens (including phenoxy) is 2. The van der Waals surface area contributed by atoms with Gasteiger partial charge in [-0.15, -0.1) is 0 Å². The number of carbonyl (C=O) groups is 1. The summed E-state index contributed by atoms with van der Waals surface area (Å²) < 4.78 is 11.0. The molecule has 0 saturated heterocycles. The molecule has 22 heavy (non-hydrogen) atoms. The van der Waals surface area contributed by atoms with Gasteiger partial charge in [0.1, 0.15) is 11.5 Å². The number of rotatable bonds is 3. The minimum atomic E-state index is -0.530. The largest absolute Gasteiger partial charge is 0.495 e. The number of hydrogen-bond donors (Lipinski definition) is 1. The molecule has 1 amide bonds. The van der Waals surface area contributed by atoms with Crippen molar-refractivity contribution in [1.82, 2.24) is 0 Å². The van der Waals surface area contributed by atoms with Gasteiger partial charge in [0.05, 0.1) is 12.8 Å². The minimum absolute atomic E-state index is 0.198. The molecule has 114 valence electrons. The molecule has 2 aromatic rings. The molecule has 0 aliphatic carbocycles. The first kappa shape index (κ1) is 14.7. The lowest BCUT2D eigenvalue weighted by Crippen LogP contribution is -2.31. The van der Waals surface area contributed by atoms with Crippen molar-refractivity contribution in [2.24, 2.45) is 0 Å². The zero-order valence-electron chi connectivity index (χ0n) is 12.4. The fraction of sp³-hybridized carbons (Fsp3) is 0.235. The smallest absolute Gasteiger partial charge is 0.265 e. The molecule has 5 heteroatoms. The Bertz CT molecular complexity index is 705. The van der Waals surface area contributed by atoms with E-state index in [9.17, 15) is 4.79 Å². The van der Waals surface area contributed by atoms with E-state index >= 15 is 0 Å². The van der Waals surface area contributed by atoms with Crippen LogP contribution in [0.2, 0.25) is 5.02 Å².